The standard InChI is InChI=1S/C24H23N3OS/c1-3-22-25-24(2,23(28)27(22)26-19-10-6-4-7-11-19)18-14-16-21(17-15-18)29-20-12-8-5-9-13-20/h4-17,26H,3H2,1-2H3. The summed E-state index contributed by atoms with van der Waals surface area (Å²) in [7, 11) is 0. The Morgan fingerprint density at radius 3 is 2.10 bits per heavy atom. The summed E-state index contributed by atoms with van der Waals surface area (Å²) in [5.74, 6) is 0.672. The van der Waals surface area contributed by atoms with Crippen molar-refractivity contribution in [1.82, 2.24) is 5.01 Å². The van der Waals surface area contributed by atoms with Crippen molar-refractivity contribution in [1.29, 1.82) is 0 Å². The minimum atomic E-state index is -0.928. The number of hydrazine groups is 1. The molecule has 4 nitrogen and oxygen atoms in total. The Labute approximate surface area is 175 Å². The summed E-state index contributed by atoms with van der Waals surface area (Å²) in [5, 5.41) is 1.59. The minimum absolute atomic E-state index is 0.0679. The van der Waals surface area contributed by atoms with Gasteiger partial charge in [-0.15, -0.1) is 0 Å². The van der Waals surface area contributed by atoms with Crippen LogP contribution in [0, 0.1) is 0 Å². The van der Waals surface area contributed by atoms with Crippen LogP contribution < -0.4 is 5.43 Å². The Hall–Kier alpha value is -3.05. The number of hydrogen-bond donors (Lipinski definition) is 1. The van der Waals surface area contributed by atoms with Crippen LogP contribution in [0.2, 0.25) is 0 Å². The average Bonchev–Trinajstić information content (AvgIpc) is 3.01. The van der Waals surface area contributed by atoms with Gasteiger partial charge in [-0.1, -0.05) is 67.2 Å². The SMILES string of the molecule is CCC1=NC(C)(c2ccc(Sc3ccccc3)cc2)C(=O)N1Nc1ccccc1. The van der Waals surface area contributed by atoms with E-state index in [2.05, 4.69) is 29.7 Å². The summed E-state index contributed by atoms with van der Waals surface area (Å²) in [6, 6.07) is 28.1. The maximum atomic E-state index is 13.3. The van der Waals surface area contributed by atoms with Crippen molar-refractivity contribution in [2.24, 2.45) is 4.99 Å². The first-order chi connectivity index (χ1) is 14.1. The van der Waals surface area contributed by atoms with Crippen LogP contribution in [0.25, 0.3) is 0 Å². The van der Waals surface area contributed by atoms with Crippen LogP contribution >= 0.6 is 11.8 Å². The Bertz CT molecular complexity index is 1020. The summed E-state index contributed by atoms with van der Waals surface area (Å²) in [5.41, 5.74) is 4.04. The van der Waals surface area contributed by atoms with Gasteiger partial charge < -0.3 is 0 Å². The Morgan fingerprint density at radius 2 is 1.48 bits per heavy atom. The fraction of sp³-hybridized carbons (Fsp3) is 0.167. The van der Waals surface area contributed by atoms with E-state index in [0.29, 0.717) is 6.42 Å². The van der Waals surface area contributed by atoms with Crippen molar-refractivity contribution in [3.8, 4) is 0 Å². The largest absolute Gasteiger partial charge is 0.290 e. The van der Waals surface area contributed by atoms with E-state index >= 15 is 0 Å². The molecule has 0 fully saturated rings. The van der Waals surface area contributed by atoms with E-state index in [9.17, 15) is 4.79 Å². The number of hydrogen-bond acceptors (Lipinski definition) is 4. The van der Waals surface area contributed by atoms with Gasteiger partial charge in [-0.2, -0.15) is 0 Å². The molecule has 0 bridgehead atoms. The molecule has 146 valence electrons. The maximum Gasteiger partial charge on any atom is 0.279 e. The van der Waals surface area contributed by atoms with E-state index in [-0.39, 0.29) is 5.91 Å². The van der Waals surface area contributed by atoms with Gasteiger partial charge in [0.2, 0.25) is 0 Å². The third-order valence-corrected chi connectivity index (χ3v) is 5.97. The Morgan fingerprint density at radius 1 is 0.897 bits per heavy atom. The molecule has 1 aliphatic heterocycles. The molecule has 3 aromatic carbocycles. The molecular formula is C24H23N3OS. The van der Waals surface area contributed by atoms with Crippen LogP contribution in [0.1, 0.15) is 25.8 Å². The zero-order valence-electron chi connectivity index (χ0n) is 16.5. The lowest BCUT2D eigenvalue weighted by atomic mass is 9.92. The summed E-state index contributed by atoms with van der Waals surface area (Å²) >= 11 is 1.70. The second kappa shape index (κ2) is 8.13. The molecule has 0 aliphatic carbocycles. The summed E-state index contributed by atoms with van der Waals surface area (Å²) in [4.78, 5) is 20.4. The van der Waals surface area contributed by atoms with Crippen molar-refractivity contribution in [2.75, 3.05) is 5.43 Å². The van der Waals surface area contributed by atoms with Crippen LogP contribution in [0.3, 0.4) is 0 Å². The van der Waals surface area contributed by atoms with Crippen LogP contribution in [-0.2, 0) is 10.3 Å². The van der Waals surface area contributed by atoms with Crippen LogP contribution in [0.5, 0.6) is 0 Å². The van der Waals surface area contributed by atoms with E-state index in [1.54, 1.807) is 16.8 Å². The van der Waals surface area contributed by atoms with Gasteiger partial charge in [0.05, 0.1) is 5.69 Å². The molecule has 1 unspecified atom stereocenters. The van der Waals surface area contributed by atoms with E-state index < -0.39 is 5.54 Å². The Kier molecular flexibility index (Phi) is 5.41. The first kappa shape index (κ1) is 19.3. The third-order valence-electron chi connectivity index (χ3n) is 4.96. The molecule has 1 atom stereocenters. The number of aliphatic imine (C=N–C) groups is 1. The first-order valence-electron chi connectivity index (χ1n) is 9.68. The molecule has 0 spiro atoms. The fourth-order valence-corrected chi connectivity index (χ4v) is 4.18. The van der Waals surface area contributed by atoms with E-state index in [0.717, 1.165) is 22.0 Å². The highest BCUT2D eigenvalue weighted by atomic mass is 32.2. The predicted molar refractivity (Wildman–Crippen MR) is 119 cm³/mol. The summed E-state index contributed by atoms with van der Waals surface area (Å²) in [6.07, 6.45) is 0.670. The number of benzene rings is 3. The van der Waals surface area contributed by atoms with E-state index in [1.807, 2.05) is 74.5 Å². The van der Waals surface area contributed by atoms with Crippen LogP contribution in [0.4, 0.5) is 5.69 Å². The number of rotatable bonds is 6. The average molecular weight is 402 g/mol. The number of amidine groups is 1. The molecular weight excluding hydrogens is 378 g/mol. The highest BCUT2D eigenvalue weighted by molar-refractivity contribution is 7.99. The molecule has 1 heterocycles. The maximum absolute atomic E-state index is 13.3. The first-order valence-corrected chi connectivity index (χ1v) is 10.5. The highest BCUT2D eigenvalue weighted by Gasteiger charge is 2.45. The summed E-state index contributed by atoms with van der Waals surface area (Å²) < 4.78 is 0. The van der Waals surface area contributed by atoms with Crippen molar-refractivity contribution in [3.63, 3.8) is 0 Å². The lowest BCUT2D eigenvalue weighted by Gasteiger charge is -2.24. The van der Waals surface area contributed by atoms with Gasteiger partial charge in [-0.05, 0) is 48.9 Å². The van der Waals surface area contributed by atoms with Gasteiger partial charge in [0.15, 0.2) is 5.54 Å². The van der Waals surface area contributed by atoms with Crippen molar-refractivity contribution in [2.45, 2.75) is 35.6 Å². The summed E-state index contributed by atoms with van der Waals surface area (Å²) in [6.45, 7) is 3.90. The predicted octanol–water partition coefficient (Wildman–Crippen LogP) is 5.73. The van der Waals surface area contributed by atoms with Crippen LogP contribution in [0.15, 0.2) is 99.7 Å². The zero-order valence-corrected chi connectivity index (χ0v) is 17.3. The molecule has 0 radical (unpaired) electrons. The molecule has 0 aromatic heterocycles. The minimum Gasteiger partial charge on any atom is -0.290 e. The highest BCUT2D eigenvalue weighted by Crippen LogP contribution is 2.36. The van der Waals surface area contributed by atoms with Crippen molar-refractivity contribution in [3.05, 3.63) is 90.5 Å². The quantitative estimate of drug-likeness (QED) is 0.574. The smallest absolute Gasteiger partial charge is 0.279 e. The van der Waals surface area contributed by atoms with Gasteiger partial charge in [0.25, 0.3) is 5.91 Å². The number of nitrogens with zero attached hydrogens (tertiary/aromatic N) is 2. The van der Waals surface area contributed by atoms with Crippen molar-refractivity contribution < 1.29 is 4.79 Å². The Balaban J connectivity index is 1.57. The number of amides is 1. The van der Waals surface area contributed by atoms with E-state index in [1.165, 1.54) is 4.90 Å². The van der Waals surface area contributed by atoms with Gasteiger partial charge in [0.1, 0.15) is 5.84 Å². The molecule has 0 saturated heterocycles. The van der Waals surface area contributed by atoms with Crippen molar-refractivity contribution >= 4 is 29.2 Å². The van der Waals surface area contributed by atoms with Crippen LogP contribution in [-0.4, -0.2) is 16.8 Å². The molecule has 4 rings (SSSR count). The monoisotopic (exact) mass is 401 g/mol. The topological polar surface area (TPSA) is 44.7 Å². The van der Waals surface area contributed by atoms with Gasteiger partial charge in [-0.3, -0.25) is 10.2 Å². The number of anilines is 1. The number of nitrogens with one attached hydrogen (secondary N) is 1. The molecule has 5 heteroatoms. The van der Waals surface area contributed by atoms with Gasteiger partial charge in [-0.25, -0.2) is 10.0 Å². The second-order valence-corrected chi connectivity index (χ2v) is 8.16. The number of para-hydroxylation sites is 1. The number of carbonyl (C=O) groups excluding carboxylic acids is 1. The van der Waals surface area contributed by atoms with Gasteiger partial charge in [0, 0.05) is 16.2 Å². The molecule has 1 N–H and O–H groups in total. The normalized spacial score (nSPS) is 18.6. The third kappa shape index (κ3) is 3.91. The number of carbonyl (C=O) groups is 1. The van der Waals surface area contributed by atoms with E-state index in [4.69, 9.17) is 4.99 Å². The molecule has 0 saturated carbocycles. The fourth-order valence-electron chi connectivity index (χ4n) is 3.35. The van der Waals surface area contributed by atoms with Gasteiger partial charge >= 0.3 is 0 Å². The lowest BCUT2D eigenvalue weighted by Crippen LogP contribution is -2.42. The molecule has 29 heavy (non-hydrogen) atoms. The lowest BCUT2D eigenvalue weighted by molar-refractivity contribution is -0.130. The second-order valence-electron chi connectivity index (χ2n) is 7.01. The molecule has 3 aromatic rings. The zero-order chi connectivity index (χ0) is 20.3. The molecule has 1 amide bonds. The molecule has 1 aliphatic rings.